The summed E-state index contributed by atoms with van der Waals surface area (Å²) < 4.78 is 0.942. The Morgan fingerprint density at radius 1 is 1.08 bits per heavy atom. The van der Waals surface area contributed by atoms with Crippen molar-refractivity contribution in [3.05, 3.63) is 114 Å². The molecule has 8 heteroatoms. The standard InChI is InChI=1S/C31H26BrCl2N3OS/c1-17-12-18(2)23(13-19(17)16-39-28-14-21(33)8-11-25(28)34)29-24(15-35)31(36)37(22-9-6-20(32)7-10-22)26-4-3-5-27(38)30(26)29/h6-14,29H,3-5,16,36H2,1-2H3. The molecule has 1 unspecified atom stereocenters. The van der Waals surface area contributed by atoms with Crippen LogP contribution in [0.1, 0.15) is 47.4 Å². The third-order valence-corrected chi connectivity index (χ3v) is 9.62. The fraction of sp³-hybridized carbons (Fsp3) is 0.226. The molecule has 2 aliphatic rings. The molecule has 3 aromatic carbocycles. The van der Waals surface area contributed by atoms with Gasteiger partial charge in [0.15, 0.2) is 5.78 Å². The number of thioether (sulfide) groups is 1. The number of nitrogens with two attached hydrogens (primary N) is 1. The van der Waals surface area contributed by atoms with Crippen molar-refractivity contribution in [3.63, 3.8) is 0 Å². The molecule has 4 nitrogen and oxygen atoms in total. The molecule has 1 aliphatic heterocycles. The van der Waals surface area contributed by atoms with Gasteiger partial charge in [-0.05, 0) is 91.4 Å². The minimum Gasteiger partial charge on any atom is -0.384 e. The second-order valence-electron chi connectivity index (χ2n) is 9.79. The highest BCUT2D eigenvalue weighted by molar-refractivity contribution is 9.10. The van der Waals surface area contributed by atoms with E-state index in [-0.39, 0.29) is 5.78 Å². The molecular weight excluding hydrogens is 613 g/mol. The molecule has 1 atom stereocenters. The molecule has 2 N–H and O–H groups in total. The number of nitriles is 1. The number of aryl methyl sites for hydroxylation is 2. The van der Waals surface area contributed by atoms with Crippen LogP contribution in [-0.4, -0.2) is 5.78 Å². The van der Waals surface area contributed by atoms with Crippen LogP contribution in [0, 0.1) is 25.2 Å². The summed E-state index contributed by atoms with van der Waals surface area (Å²) in [7, 11) is 0. The Morgan fingerprint density at radius 3 is 2.54 bits per heavy atom. The number of carbonyl (C=O) groups excluding carboxylic acids is 1. The van der Waals surface area contributed by atoms with Gasteiger partial charge in [0.25, 0.3) is 0 Å². The minimum atomic E-state index is -0.511. The Morgan fingerprint density at radius 2 is 1.82 bits per heavy atom. The largest absolute Gasteiger partial charge is 0.384 e. The smallest absolute Gasteiger partial charge is 0.161 e. The summed E-state index contributed by atoms with van der Waals surface area (Å²) in [4.78, 5) is 16.4. The van der Waals surface area contributed by atoms with Crippen molar-refractivity contribution in [1.82, 2.24) is 0 Å². The second kappa shape index (κ2) is 11.4. The molecule has 0 fully saturated rings. The summed E-state index contributed by atoms with van der Waals surface area (Å²) in [6.45, 7) is 4.11. The van der Waals surface area contributed by atoms with E-state index in [4.69, 9.17) is 28.9 Å². The van der Waals surface area contributed by atoms with E-state index in [0.29, 0.717) is 45.6 Å². The number of Topliss-reactive ketones (excluding diaryl/α,β-unsaturated/α-hetero) is 1. The van der Waals surface area contributed by atoms with Crippen LogP contribution in [0.3, 0.4) is 0 Å². The van der Waals surface area contributed by atoms with Gasteiger partial charge in [0.1, 0.15) is 5.82 Å². The van der Waals surface area contributed by atoms with Gasteiger partial charge in [-0.25, -0.2) is 0 Å². The lowest BCUT2D eigenvalue weighted by atomic mass is 9.74. The highest BCUT2D eigenvalue weighted by atomic mass is 79.9. The zero-order valence-corrected chi connectivity index (χ0v) is 25.4. The number of carbonyl (C=O) groups is 1. The average molecular weight is 639 g/mol. The molecule has 0 bridgehead atoms. The van der Waals surface area contributed by atoms with E-state index < -0.39 is 5.92 Å². The van der Waals surface area contributed by atoms with Crippen molar-refractivity contribution in [2.75, 3.05) is 4.90 Å². The fourth-order valence-electron chi connectivity index (χ4n) is 5.41. The van der Waals surface area contributed by atoms with Gasteiger partial charge in [-0.15, -0.1) is 11.8 Å². The summed E-state index contributed by atoms with van der Waals surface area (Å²) in [5.41, 5.74) is 13.8. The fourth-order valence-corrected chi connectivity index (χ4v) is 7.23. The molecule has 0 saturated heterocycles. The second-order valence-corrected chi connectivity index (χ2v) is 12.6. The van der Waals surface area contributed by atoms with Crippen LogP contribution in [0.15, 0.2) is 86.6 Å². The van der Waals surface area contributed by atoms with Crippen LogP contribution < -0.4 is 10.6 Å². The third kappa shape index (κ3) is 5.38. The van der Waals surface area contributed by atoms with Gasteiger partial charge in [-0.2, -0.15) is 5.26 Å². The molecule has 0 saturated carbocycles. The van der Waals surface area contributed by atoms with Crippen LogP contribution in [-0.2, 0) is 10.5 Å². The highest BCUT2D eigenvalue weighted by Crippen LogP contribution is 2.47. The van der Waals surface area contributed by atoms with E-state index in [1.165, 1.54) is 0 Å². The first-order chi connectivity index (χ1) is 18.7. The molecule has 198 valence electrons. The van der Waals surface area contributed by atoms with Gasteiger partial charge >= 0.3 is 0 Å². The first kappa shape index (κ1) is 27.9. The highest BCUT2D eigenvalue weighted by Gasteiger charge is 2.41. The van der Waals surface area contributed by atoms with E-state index in [1.807, 2.05) is 42.2 Å². The maximum absolute atomic E-state index is 13.6. The van der Waals surface area contributed by atoms with Gasteiger partial charge in [0, 0.05) is 43.5 Å². The average Bonchev–Trinajstić information content (AvgIpc) is 2.90. The quantitative estimate of drug-likeness (QED) is 0.282. The van der Waals surface area contributed by atoms with Crippen LogP contribution in [0.4, 0.5) is 5.69 Å². The van der Waals surface area contributed by atoms with Gasteiger partial charge in [-0.1, -0.05) is 51.3 Å². The zero-order valence-electron chi connectivity index (χ0n) is 21.5. The zero-order chi connectivity index (χ0) is 27.8. The Kier molecular flexibility index (Phi) is 8.16. The number of hydrogen-bond acceptors (Lipinski definition) is 5. The maximum Gasteiger partial charge on any atom is 0.161 e. The lowest BCUT2D eigenvalue weighted by molar-refractivity contribution is -0.116. The van der Waals surface area contributed by atoms with Crippen molar-refractivity contribution in [2.24, 2.45) is 5.73 Å². The number of hydrogen-bond donors (Lipinski definition) is 1. The first-order valence-electron chi connectivity index (χ1n) is 12.6. The summed E-state index contributed by atoms with van der Waals surface area (Å²) in [5, 5.41) is 11.7. The number of halogens is 3. The Labute approximate surface area is 251 Å². The molecule has 0 spiro atoms. The lowest BCUT2D eigenvalue weighted by Gasteiger charge is -2.40. The Hall–Kier alpha value is -2.69. The number of benzene rings is 3. The topological polar surface area (TPSA) is 70.1 Å². The summed E-state index contributed by atoms with van der Waals surface area (Å²) in [5.74, 6) is 0.603. The molecule has 0 aromatic heterocycles. The Bertz CT molecular complexity index is 1590. The van der Waals surface area contributed by atoms with Crippen LogP contribution in [0.2, 0.25) is 10.0 Å². The van der Waals surface area contributed by atoms with Crippen LogP contribution in [0.5, 0.6) is 0 Å². The van der Waals surface area contributed by atoms with Gasteiger partial charge < -0.3 is 5.73 Å². The molecule has 3 aromatic rings. The van der Waals surface area contributed by atoms with E-state index >= 15 is 0 Å². The summed E-state index contributed by atoms with van der Waals surface area (Å²) in [6.07, 6.45) is 1.93. The number of anilines is 1. The molecule has 1 heterocycles. The maximum atomic E-state index is 13.6. The molecule has 0 amide bonds. The SMILES string of the molecule is Cc1cc(C)c(C2C(C#N)=C(N)N(c3ccc(Br)cc3)C3=C2C(=O)CCC3)cc1CSc1cc(Cl)ccc1Cl. The predicted octanol–water partition coefficient (Wildman–Crippen LogP) is 8.97. The molecule has 39 heavy (non-hydrogen) atoms. The summed E-state index contributed by atoms with van der Waals surface area (Å²) >= 11 is 17.7. The van der Waals surface area contributed by atoms with Crippen LogP contribution in [0.25, 0.3) is 0 Å². The molecular formula is C31H26BrCl2N3OS. The summed E-state index contributed by atoms with van der Waals surface area (Å²) in [6, 6.07) is 19.9. The van der Waals surface area contributed by atoms with Gasteiger partial charge in [-0.3, -0.25) is 9.69 Å². The van der Waals surface area contributed by atoms with Crippen molar-refractivity contribution >= 4 is 62.4 Å². The van der Waals surface area contributed by atoms with E-state index in [0.717, 1.165) is 49.4 Å². The third-order valence-electron chi connectivity index (χ3n) is 7.31. The van der Waals surface area contributed by atoms with E-state index in [9.17, 15) is 10.1 Å². The number of rotatable bonds is 5. The monoisotopic (exact) mass is 637 g/mol. The first-order valence-corrected chi connectivity index (χ1v) is 15.1. The molecule has 1 aliphatic carbocycles. The molecule has 0 radical (unpaired) electrons. The minimum absolute atomic E-state index is 0.0743. The number of allylic oxidation sites excluding steroid dienone is 3. The van der Waals surface area contributed by atoms with Crippen molar-refractivity contribution < 1.29 is 4.79 Å². The van der Waals surface area contributed by atoms with Gasteiger partial charge in [0.2, 0.25) is 0 Å². The number of ketones is 1. The van der Waals surface area contributed by atoms with E-state index in [2.05, 4.69) is 41.1 Å². The van der Waals surface area contributed by atoms with E-state index in [1.54, 1.807) is 23.9 Å². The lowest BCUT2D eigenvalue weighted by Crippen LogP contribution is -2.38. The van der Waals surface area contributed by atoms with Crippen molar-refractivity contribution in [2.45, 2.75) is 49.7 Å². The van der Waals surface area contributed by atoms with Gasteiger partial charge in [0.05, 0.1) is 22.6 Å². The van der Waals surface area contributed by atoms with Crippen LogP contribution >= 0.6 is 50.9 Å². The normalized spacial score (nSPS) is 17.4. The Balaban J connectivity index is 1.62. The molecule has 5 rings (SSSR count). The predicted molar refractivity (Wildman–Crippen MR) is 164 cm³/mol. The number of nitrogens with zero attached hydrogens (tertiary/aromatic N) is 2. The van der Waals surface area contributed by atoms with Crippen molar-refractivity contribution in [3.8, 4) is 6.07 Å². The van der Waals surface area contributed by atoms with Crippen molar-refractivity contribution in [1.29, 1.82) is 5.26 Å².